The summed E-state index contributed by atoms with van der Waals surface area (Å²) in [4.78, 5) is 8.38. The van der Waals surface area contributed by atoms with Gasteiger partial charge in [-0.15, -0.1) is 11.3 Å². The maximum absolute atomic E-state index is 10.6. The van der Waals surface area contributed by atoms with E-state index < -0.39 is 6.23 Å². The smallest absolute Gasteiger partial charge is 0.142 e. The number of thiophene rings is 1. The lowest BCUT2D eigenvalue weighted by Crippen LogP contribution is -2.43. The molecule has 4 rings (SSSR count). The second-order valence-corrected chi connectivity index (χ2v) is 8.75. The topological polar surface area (TPSA) is 86.4 Å². The fourth-order valence-corrected chi connectivity index (χ4v) is 5.05. The molecule has 1 saturated heterocycles. The van der Waals surface area contributed by atoms with E-state index in [4.69, 9.17) is 17.3 Å². The molecule has 0 spiro atoms. The number of aryl methyl sites for hydroxylation is 1. The molecule has 1 aliphatic heterocycles. The maximum Gasteiger partial charge on any atom is 0.142 e. The van der Waals surface area contributed by atoms with E-state index in [9.17, 15) is 5.11 Å². The average molecular weight is 432 g/mol. The van der Waals surface area contributed by atoms with E-state index >= 15 is 0 Å². The molecule has 1 atom stereocenters. The fraction of sp³-hybridized carbons (Fsp3) is 0.381. The number of hydrogen-bond donors (Lipinski definition) is 4. The zero-order valence-electron chi connectivity index (χ0n) is 16.4. The Morgan fingerprint density at radius 3 is 2.86 bits per heavy atom. The summed E-state index contributed by atoms with van der Waals surface area (Å²) in [5.74, 6) is 0. The molecule has 5 N–H and O–H groups in total. The van der Waals surface area contributed by atoms with Crippen LogP contribution in [0.3, 0.4) is 0 Å². The van der Waals surface area contributed by atoms with Crippen molar-refractivity contribution in [1.82, 2.24) is 15.6 Å². The number of piperazine rings is 1. The first-order valence-corrected chi connectivity index (χ1v) is 11.0. The van der Waals surface area contributed by atoms with E-state index in [1.165, 1.54) is 11.3 Å². The van der Waals surface area contributed by atoms with Crippen LogP contribution < -0.4 is 21.3 Å². The van der Waals surface area contributed by atoms with Gasteiger partial charge in [0.2, 0.25) is 0 Å². The number of hydrogen-bond acceptors (Lipinski definition) is 7. The van der Waals surface area contributed by atoms with Crippen LogP contribution in [0.5, 0.6) is 0 Å². The van der Waals surface area contributed by atoms with Crippen LogP contribution in [0.25, 0.3) is 10.2 Å². The summed E-state index contributed by atoms with van der Waals surface area (Å²) in [5, 5.41) is 18.8. The highest BCUT2D eigenvalue weighted by molar-refractivity contribution is 7.19. The molecule has 1 aromatic carbocycles. The number of fused-ring (bicyclic) bond motifs is 1. The number of anilines is 2. The highest BCUT2D eigenvalue weighted by atomic mass is 35.5. The Morgan fingerprint density at radius 1 is 1.31 bits per heavy atom. The molecule has 1 aliphatic rings. The molecular weight excluding hydrogens is 406 g/mol. The zero-order chi connectivity index (χ0) is 20.4. The standard InChI is InChI=1S/C21H26ClN5OS/c1-13-2-4-15-18(23)19(29-21(15)26-13)20(28)25-7-6-14-3-5-17(16(22)12-14)27-10-8-24-9-11-27/h2-5,12,20,24-25,28H,6-11,23H2,1H3. The number of pyridine rings is 1. The Labute approximate surface area is 179 Å². The van der Waals surface area contributed by atoms with Crippen molar-refractivity contribution in [2.24, 2.45) is 0 Å². The van der Waals surface area contributed by atoms with Gasteiger partial charge >= 0.3 is 0 Å². The van der Waals surface area contributed by atoms with Crippen molar-refractivity contribution < 1.29 is 5.11 Å². The number of nitrogen functional groups attached to an aromatic ring is 1. The van der Waals surface area contributed by atoms with Gasteiger partial charge in [-0.1, -0.05) is 17.7 Å². The Hall–Kier alpha value is -1.90. The number of nitrogens with one attached hydrogen (secondary N) is 2. The number of nitrogens with zero attached hydrogens (tertiary/aromatic N) is 2. The van der Waals surface area contributed by atoms with Crippen LogP contribution in [-0.2, 0) is 6.42 Å². The molecule has 1 fully saturated rings. The first-order valence-electron chi connectivity index (χ1n) is 9.84. The minimum Gasteiger partial charge on any atom is -0.397 e. The van der Waals surface area contributed by atoms with Gasteiger partial charge in [0.15, 0.2) is 0 Å². The van der Waals surface area contributed by atoms with Crippen LogP contribution in [-0.4, -0.2) is 42.8 Å². The first-order chi connectivity index (χ1) is 14.0. The average Bonchev–Trinajstić information content (AvgIpc) is 3.04. The maximum atomic E-state index is 10.6. The largest absolute Gasteiger partial charge is 0.397 e. The summed E-state index contributed by atoms with van der Waals surface area (Å²) in [6.45, 7) is 6.47. The van der Waals surface area contributed by atoms with E-state index in [2.05, 4.69) is 32.7 Å². The van der Waals surface area contributed by atoms with Gasteiger partial charge in [-0.25, -0.2) is 4.98 Å². The van der Waals surface area contributed by atoms with Crippen molar-refractivity contribution >= 4 is 44.5 Å². The van der Waals surface area contributed by atoms with Gasteiger partial charge in [0.25, 0.3) is 0 Å². The first kappa shape index (κ1) is 20.4. The SMILES string of the molecule is Cc1ccc2c(N)c(C(O)NCCc3ccc(N4CCNCC4)c(Cl)c3)sc2n1. The van der Waals surface area contributed by atoms with Crippen LogP contribution in [0.4, 0.5) is 11.4 Å². The predicted molar refractivity (Wildman–Crippen MR) is 122 cm³/mol. The molecule has 1 unspecified atom stereocenters. The molecule has 0 saturated carbocycles. The number of nitrogens with two attached hydrogens (primary N) is 1. The van der Waals surface area contributed by atoms with Gasteiger partial charge in [-0.05, 0) is 43.2 Å². The molecule has 3 heterocycles. The number of benzene rings is 1. The van der Waals surface area contributed by atoms with Crippen molar-refractivity contribution in [3.05, 3.63) is 51.5 Å². The molecular formula is C21H26ClN5OS. The normalized spacial score (nSPS) is 15.8. The molecule has 0 amide bonds. The van der Waals surface area contributed by atoms with Gasteiger partial charge in [-0.3, -0.25) is 5.32 Å². The molecule has 0 radical (unpaired) electrons. The second-order valence-electron chi connectivity index (χ2n) is 7.31. The molecule has 0 aliphatic carbocycles. The number of aliphatic hydroxyl groups excluding tert-OH is 1. The lowest BCUT2D eigenvalue weighted by atomic mass is 10.1. The Bertz CT molecular complexity index is 1000. The summed E-state index contributed by atoms with van der Waals surface area (Å²) in [7, 11) is 0. The Kier molecular flexibility index (Phi) is 6.22. The van der Waals surface area contributed by atoms with Crippen molar-refractivity contribution in [2.45, 2.75) is 19.6 Å². The molecule has 3 aromatic rings. The van der Waals surface area contributed by atoms with Gasteiger partial charge < -0.3 is 21.1 Å². The van der Waals surface area contributed by atoms with Gasteiger partial charge in [-0.2, -0.15) is 0 Å². The molecule has 0 bridgehead atoms. The highest BCUT2D eigenvalue weighted by Gasteiger charge is 2.18. The fourth-order valence-electron chi connectivity index (χ4n) is 3.62. The van der Waals surface area contributed by atoms with Crippen LogP contribution >= 0.6 is 22.9 Å². The summed E-state index contributed by atoms with van der Waals surface area (Å²) in [6.07, 6.45) is -0.0501. The highest BCUT2D eigenvalue weighted by Crippen LogP contribution is 2.35. The molecule has 8 heteroatoms. The van der Waals surface area contributed by atoms with E-state index in [0.29, 0.717) is 17.1 Å². The van der Waals surface area contributed by atoms with E-state index in [-0.39, 0.29) is 0 Å². The van der Waals surface area contributed by atoms with Crippen molar-refractivity contribution in [3.8, 4) is 0 Å². The summed E-state index contributed by atoms with van der Waals surface area (Å²) >= 11 is 7.96. The van der Waals surface area contributed by atoms with Crippen LogP contribution in [0, 0.1) is 6.92 Å². The van der Waals surface area contributed by atoms with E-state index in [0.717, 1.165) is 64.8 Å². The van der Waals surface area contributed by atoms with Gasteiger partial charge in [0.1, 0.15) is 11.1 Å². The van der Waals surface area contributed by atoms with Gasteiger partial charge in [0, 0.05) is 43.8 Å². The third-order valence-corrected chi connectivity index (χ3v) is 6.70. The minimum absolute atomic E-state index is 0.598. The summed E-state index contributed by atoms with van der Waals surface area (Å²) < 4.78 is 0. The lowest BCUT2D eigenvalue weighted by Gasteiger charge is -2.30. The van der Waals surface area contributed by atoms with Crippen LogP contribution in [0.1, 0.15) is 22.4 Å². The molecule has 6 nitrogen and oxygen atoms in total. The monoisotopic (exact) mass is 431 g/mol. The molecule has 154 valence electrons. The third kappa shape index (κ3) is 4.49. The Balaban J connectivity index is 1.37. The van der Waals surface area contributed by atoms with Crippen LogP contribution in [0.2, 0.25) is 5.02 Å². The number of halogens is 1. The zero-order valence-corrected chi connectivity index (χ0v) is 18.0. The number of rotatable bonds is 6. The third-order valence-electron chi connectivity index (χ3n) is 5.23. The van der Waals surface area contributed by atoms with Gasteiger partial charge in [0.05, 0.1) is 21.3 Å². The summed E-state index contributed by atoms with van der Waals surface area (Å²) in [5.41, 5.74) is 9.98. The second kappa shape index (κ2) is 8.85. The number of aliphatic hydroxyl groups is 1. The molecule has 2 aromatic heterocycles. The van der Waals surface area contributed by atoms with Crippen molar-refractivity contribution in [2.75, 3.05) is 43.4 Å². The van der Waals surface area contributed by atoms with E-state index in [1.807, 2.05) is 25.1 Å². The van der Waals surface area contributed by atoms with Crippen molar-refractivity contribution in [3.63, 3.8) is 0 Å². The molecule has 29 heavy (non-hydrogen) atoms. The van der Waals surface area contributed by atoms with Crippen molar-refractivity contribution in [1.29, 1.82) is 0 Å². The quantitative estimate of drug-likeness (QED) is 0.449. The van der Waals surface area contributed by atoms with Crippen LogP contribution in [0.15, 0.2) is 30.3 Å². The predicted octanol–water partition coefficient (Wildman–Crippen LogP) is 3.07. The number of aromatic nitrogens is 1. The lowest BCUT2D eigenvalue weighted by molar-refractivity contribution is 0.144. The Morgan fingerprint density at radius 2 is 2.10 bits per heavy atom. The summed E-state index contributed by atoms with van der Waals surface area (Å²) in [6, 6.07) is 10.1. The van der Waals surface area contributed by atoms with E-state index in [1.54, 1.807) is 0 Å². The minimum atomic E-state index is -0.815.